The van der Waals surface area contributed by atoms with E-state index >= 15 is 0 Å². The molecule has 1 aromatic carbocycles. The average molecular weight is 256 g/mol. The molecular weight excluding hydrogens is 246 g/mol. The van der Waals surface area contributed by atoms with E-state index in [0.717, 1.165) is 10.0 Å². The molecule has 0 spiro atoms. The van der Waals surface area contributed by atoms with Crippen molar-refractivity contribution in [3.05, 3.63) is 28.2 Å². The van der Waals surface area contributed by atoms with Gasteiger partial charge in [-0.05, 0) is 32.0 Å². The first-order chi connectivity index (χ1) is 6.49. The van der Waals surface area contributed by atoms with Crippen LogP contribution in [0.25, 0.3) is 0 Å². The number of carbonyl (C=O) groups excluding carboxylic acids is 1. The number of ether oxygens (including phenoxy) is 1. The molecule has 14 heavy (non-hydrogen) atoms. The summed E-state index contributed by atoms with van der Waals surface area (Å²) in [6, 6.07) is 5.60. The van der Waals surface area contributed by atoms with Gasteiger partial charge in [0.05, 0.1) is 5.54 Å². The fourth-order valence-corrected chi connectivity index (χ4v) is 1.89. The van der Waals surface area contributed by atoms with Gasteiger partial charge in [-0.15, -0.1) is 0 Å². The van der Waals surface area contributed by atoms with Gasteiger partial charge < -0.3 is 10.1 Å². The molecule has 1 amide bonds. The fraction of sp³-hybridized carbons (Fsp3) is 0.300. The van der Waals surface area contributed by atoms with Gasteiger partial charge in [-0.2, -0.15) is 0 Å². The Kier molecular flexibility index (Phi) is 2.03. The van der Waals surface area contributed by atoms with Crippen LogP contribution in [0.3, 0.4) is 0 Å². The van der Waals surface area contributed by atoms with Crippen LogP contribution in [0.15, 0.2) is 22.7 Å². The molecule has 0 saturated heterocycles. The Labute approximate surface area is 90.6 Å². The zero-order chi connectivity index (χ0) is 10.3. The van der Waals surface area contributed by atoms with Crippen LogP contribution in [0, 0.1) is 0 Å². The first-order valence-corrected chi connectivity index (χ1v) is 5.08. The summed E-state index contributed by atoms with van der Waals surface area (Å²) < 4.78 is 6.03. The molecule has 0 radical (unpaired) electrons. The van der Waals surface area contributed by atoms with Gasteiger partial charge in [0.1, 0.15) is 5.75 Å². The Hall–Kier alpha value is -1.03. The van der Waals surface area contributed by atoms with Gasteiger partial charge in [0.25, 0.3) is 0 Å². The Balaban J connectivity index is 2.58. The first kappa shape index (κ1) is 9.52. The Morgan fingerprint density at radius 2 is 2.14 bits per heavy atom. The second kappa shape index (κ2) is 2.98. The largest absolute Gasteiger partial charge is 0.413 e. The fourth-order valence-electron chi connectivity index (χ4n) is 1.53. The normalized spacial score (nSPS) is 18.1. The van der Waals surface area contributed by atoms with Crippen molar-refractivity contribution in [1.82, 2.24) is 5.32 Å². The van der Waals surface area contributed by atoms with Crippen LogP contribution in [0.4, 0.5) is 4.79 Å². The van der Waals surface area contributed by atoms with Crippen LogP contribution >= 0.6 is 15.9 Å². The molecule has 2 rings (SSSR count). The Bertz CT molecular complexity index is 401. The third kappa shape index (κ3) is 1.50. The van der Waals surface area contributed by atoms with Crippen LogP contribution in [0.1, 0.15) is 19.4 Å². The minimum absolute atomic E-state index is 0.381. The smallest absolute Gasteiger partial charge is 0.410 e. The number of rotatable bonds is 0. The van der Waals surface area contributed by atoms with Crippen LogP contribution < -0.4 is 10.1 Å². The monoisotopic (exact) mass is 255 g/mol. The van der Waals surface area contributed by atoms with Crippen LogP contribution in [0.5, 0.6) is 5.75 Å². The highest BCUT2D eigenvalue weighted by Crippen LogP contribution is 2.35. The molecule has 74 valence electrons. The van der Waals surface area contributed by atoms with E-state index in [-0.39, 0.29) is 5.54 Å². The van der Waals surface area contributed by atoms with Crippen molar-refractivity contribution in [2.75, 3.05) is 0 Å². The van der Waals surface area contributed by atoms with Gasteiger partial charge >= 0.3 is 6.09 Å². The number of hydrogen-bond donors (Lipinski definition) is 1. The van der Waals surface area contributed by atoms with Crippen molar-refractivity contribution < 1.29 is 9.53 Å². The molecule has 1 N–H and O–H groups in total. The van der Waals surface area contributed by atoms with E-state index in [1.807, 2.05) is 26.0 Å². The lowest BCUT2D eigenvalue weighted by Gasteiger charge is -2.32. The number of nitrogens with one attached hydrogen (secondary N) is 1. The third-order valence-corrected chi connectivity index (χ3v) is 2.73. The molecule has 0 atom stereocenters. The minimum Gasteiger partial charge on any atom is -0.410 e. The van der Waals surface area contributed by atoms with Crippen molar-refractivity contribution in [2.24, 2.45) is 0 Å². The number of hydrogen-bond acceptors (Lipinski definition) is 2. The molecule has 1 aliphatic heterocycles. The Morgan fingerprint density at radius 1 is 1.43 bits per heavy atom. The summed E-state index contributed by atoms with van der Waals surface area (Å²) in [5, 5.41) is 2.76. The number of halogens is 1. The lowest BCUT2D eigenvalue weighted by atomic mass is 9.93. The summed E-state index contributed by atoms with van der Waals surface area (Å²) in [6.07, 6.45) is -0.398. The molecule has 3 nitrogen and oxygen atoms in total. The summed E-state index contributed by atoms with van der Waals surface area (Å²) >= 11 is 3.39. The van der Waals surface area contributed by atoms with Crippen molar-refractivity contribution in [3.63, 3.8) is 0 Å². The number of carbonyl (C=O) groups is 1. The van der Waals surface area contributed by atoms with Gasteiger partial charge in [0.15, 0.2) is 0 Å². The molecule has 0 aromatic heterocycles. The zero-order valence-corrected chi connectivity index (χ0v) is 9.51. The van der Waals surface area contributed by atoms with E-state index in [4.69, 9.17) is 4.74 Å². The summed E-state index contributed by atoms with van der Waals surface area (Å²) in [5.74, 6) is 0.627. The van der Waals surface area contributed by atoms with Crippen molar-refractivity contribution in [3.8, 4) is 5.75 Å². The second-order valence-electron chi connectivity index (χ2n) is 3.78. The van der Waals surface area contributed by atoms with E-state index in [1.54, 1.807) is 6.07 Å². The van der Waals surface area contributed by atoms with Gasteiger partial charge in [-0.1, -0.05) is 15.9 Å². The van der Waals surface area contributed by atoms with E-state index < -0.39 is 6.09 Å². The third-order valence-electron chi connectivity index (χ3n) is 2.23. The van der Waals surface area contributed by atoms with Crippen LogP contribution in [-0.2, 0) is 5.54 Å². The molecule has 1 heterocycles. The molecule has 4 heteroatoms. The highest BCUT2D eigenvalue weighted by atomic mass is 79.9. The summed E-state index contributed by atoms with van der Waals surface area (Å²) in [6.45, 7) is 3.89. The molecule has 0 bridgehead atoms. The molecule has 0 unspecified atom stereocenters. The quantitative estimate of drug-likeness (QED) is 0.775. The molecule has 0 aliphatic carbocycles. The molecule has 0 fully saturated rings. The predicted molar refractivity (Wildman–Crippen MR) is 56.3 cm³/mol. The topological polar surface area (TPSA) is 38.3 Å². The van der Waals surface area contributed by atoms with Gasteiger partial charge in [0.2, 0.25) is 0 Å². The van der Waals surface area contributed by atoms with Crippen molar-refractivity contribution in [1.29, 1.82) is 0 Å². The number of fused-ring (bicyclic) bond motifs is 1. The van der Waals surface area contributed by atoms with Gasteiger partial charge in [-0.25, -0.2) is 4.79 Å². The minimum atomic E-state index is -0.398. The molecular formula is C10H10BrNO2. The molecule has 0 saturated carbocycles. The van der Waals surface area contributed by atoms with Gasteiger partial charge in [-0.3, -0.25) is 0 Å². The van der Waals surface area contributed by atoms with E-state index in [9.17, 15) is 4.79 Å². The number of benzene rings is 1. The maximum Gasteiger partial charge on any atom is 0.413 e. The Morgan fingerprint density at radius 3 is 2.86 bits per heavy atom. The standard InChI is InChI=1S/C10H10BrNO2/c1-10(2)7-5-6(11)3-4-8(7)14-9(13)12-10/h3-5H,1-2H3,(H,12,13). The van der Waals surface area contributed by atoms with E-state index in [1.165, 1.54) is 0 Å². The maximum absolute atomic E-state index is 11.2. The first-order valence-electron chi connectivity index (χ1n) is 4.29. The van der Waals surface area contributed by atoms with Crippen molar-refractivity contribution >= 4 is 22.0 Å². The van der Waals surface area contributed by atoms with Crippen molar-refractivity contribution in [2.45, 2.75) is 19.4 Å². The summed E-state index contributed by atoms with van der Waals surface area (Å²) in [5.41, 5.74) is 0.598. The van der Waals surface area contributed by atoms with E-state index in [0.29, 0.717) is 5.75 Å². The highest BCUT2D eigenvalue weighted by molar-refractivity contribution is 9.10. The van der Waals surface area contributed by atoms with E-state index in [2.05, 4.69) is 21.2 Å². The SMILES string of the molecule is CC1(C)NC(=O)Oc2ccc(Br)cc21. The highest BCUT2D eigenvalue weighted by Gasteiger charge is 2.32. The van der Waals surface area contributed by atoms with Crippen LogP contribution in [0.2, 0.25) is 0 Å². The lowest BCUT2D eigenvalue weighted by molar-refractivity contribution is 0.177. The number of amides is 1. The molecule has 1 aliphatic rings. The summed E-state index contributed by atoms with van der Waals surface area (Å²) in [7, 11) is 0. The summed E-state index contributed by atoms with van der Waals surface area (Å²) in [4.78, 5) is 11.2. The molecule has 1 aromatic rings. The second-order valence-corrected chi connectivity index (χ2v) is 4.70. The maximum atomic E-state index is 11.2. The van der Waals surface area contributed by atoms with Gasteiger partial charge in [0, 0.05) is 10.0 Å². The van der Waals surface area contributed by atoms with Crippen LogP contribution in [-0.4, -0.2) is 6.09 Å². The zero-order valence-electron chi connectivity index (χ0n) is 7.93. The average Bonchev–Trinajstić information content (AvgIpc) is 2.05. The lowest BCUT2D eigenvalue weighted by Crippen LogP contribution is -2.46. The predicted octanol–water partition coefficient (Wildman–Crippen LogP) is 2.79.